The van der Waals surface area contributed by atoms with E-state index in [1.807, 2.05) is 30.3 Å². The van der Waals surface area contributed by atoms with Crippen LogP contribution in [0, 0.1) is 0 Å². The molecule has 1 aliphatic rings. The molecule has 2 aromatic rings. The lowest BCUT2D eigenvalue weighted by molar-refractivity contribution is 0.0926. The van der Waals surface area contributed by atoms with Crippen LogP contribution in [-0.4, -0.2) is 29.5 Å². The Kier molecular flexibility index (Phi) is 3.65. The molecular formula is C16H19N3O. The second-order valence-corrected chi connectivity index (χ2v) is 5.46. The zero-order valence-corrected chi connectivity index (χ0v) is 11.6. The maximum atomic E-state index is 12.3. The molecule has 2 atom stereocenters. The predicted molar refractivity (Wildman–Crippen MR) is 79.7 cm³/mol. The topological polar surface area (TPSA) is 54.0 Å². The molecule has 4 nitrogen and oxygen atoms in total. The minimum absolute atomic E-state index is 0.00912. The number of aromatic nitrogens is 1. The number of nitrogens with zero attached hydrogens (tertiary/aromatic N) is 1. The van der Waals surface area contributed by atoms with Gasteiger partial charge in [0.2, 0.25) is 0 Å². The van der Waals surface area contributed by atoms with Gasteiger partial charge in [-0.05, 0) is 50.6 Å². The summed E-state index contributed by atoms with van der Waals surface area (Å²) < 4.78 is 0. The highest BCUT2D eigenvalue weighted by Gasteiger charge is 2.20. The highest BCUT2D eigenvalue weighted by Crippen LogP contribution is 2.14. The lowest BCUT2D eigenvalue weighted by atomic mass is 10.00. The van der Waals surface area contributed by atoms with Gasteiger partial charge in [0.1, 0.15) is 0 Å². The van der Waals surface area contributed by atoms with E-state index in [2.05, 4.69) is 22.5 Å². The molecule has 1 fully saturated rings. The third-order valence-corrected chi connectivity index (χ3v) is 3.82. The Morgan fingerprint density at radius 1 is 1.40 bits per heavy atom. The van der Waals surface area contributed by atoms with E-state index in [-0.39, 0.29) is 11.9 Å². The summed E-state index contributed by atoms with van der Waals surface area (Å²) in [5.74, 6) is 0.00912. The van der Waals surface area contributed by atoms with Crippen LogP contribution in [0.15, 0.2) is 36.5 Å². The van der Waals surface area contributed by atoms with Gasteiger partial charge >= 0.3 is 0 Å². The molecule has 0 radical (unpaired) electrons. The molecular weight excluding hydrogens is 250 g/mol. The van der Waals surface area contributed by atoms with E-state index >= 15 is 0 Å². The summed E-state index contributed by atoms with van der Waals surface area (Å²) in [7, 11) is 0. The number of pyridine rings is 1. The Hall–Kier alpha value is -1.94. The lowest BCUT2D eigenvalue weighted by Crippen LogP contribution is -2.46. The first-order chi connectivity index (χ1) is 9.72. The van der Waals surface area contributed by atoms with Gasteiger partial charge in [0.25, 0.3) is 5.91 Å². The molecule has 0 saturated carbocycles. The lowest BCUT2D eigenvalue weighted by Gasteiger charge is -2.28. The SMILES string of the molecule is CC1CC(NC(=O)c2ccc3ncccc3c2)CCN1. The summed E-state index contributed by atoms with van der Waals surface area (Å²) in [5.41, 5.74) is 1.62. The largest absolute Gasteiger partial charge is 0.349 e. The number of hydrogen-bond acceptors (Lipinski definition) is 3. The summed E-state index contributed by atoms with van der Waals surface area (Å²) in [4.78, 5) is 16.6. The van der Waals surface area contributed by atoms with Gasteiger partial charge in [-0.15, -0.1) is 0 Å². The number of rotatable bonds is 2. The van der Waals surface area contributed by atoms with E-state index in [4.69, 9.17) is 0 Å². The minimum Gasteiger partial charge on any atom is -0.349 e. The second-order valence-electron chi connectivity index (χ2n) is 5.46. The van der Waals surface area contributed by atoms with Crippen LogP contribution in [0.2, 0.25) is 0 Å². The van der Waals surface area contributed by atoms with Crippen molar-refractivity contribution < 1.29 is 4.79 Å². The molecule has 4 heteroatoms. The maximum absolute atomic E-state index is 12.3. The number of amides is 1. The van der Waals surface area contributed by atoms with Crippen LogP contribution in [0.3, 0.4) is 0 Å². The molecule has 0 bridgehead atoms. The minimum atomic E-state index is 0.00912. The molecule has 0 spiro atoms. The van der Waals surface area contributed by atoms with Crippen molar-refractivity contribution in [2.75, 3.05) is 6.54 Å². The van der Waals surface area contributed by atoms with Crippen molar-refractivity contribution in [2.24, 2.45) is 0 Å². The average molecular weight is 269 g/mol. The molecule has 1 aromatic carbocycles. The van der Waals surface area contributed by atoms with E-state index in [1.165, 1.54) is 0 Å². The van der Waals surface area contributed by atoms with Gasteiger partial charge in [-0.2, -0.15) is 0 Å². The summed E-state index contributed by atoms with van der Waals surface area (Å²) >= 11 is 0. The smallest absolute Gasteiger partial charge is 0.251 e. The van der Waals surface area contributed by atoms with Crippen molar-refractivity contribution in [3.63, 3.8) is 0 Å². The number of carbonyl (C=O) groups excluding carboxylic acids is 1. The molecule has 2 unspecified atom stereocenters. The second kappa shape index (κ2) is 5.59. The van der Waals surface area contributed by atoms with E-state index in [1.54, 1.807) is 6.20 Å². The highest BCUT2D eigenvalue weighted by molar-refractivity contribution is 5.98. The first kappa shape index (κ1) is 13.1. The summed E-state index contributed by atoms with van der Waals surface area (Å²) in [6, 6.07) is 10.2. The van der Waals surface area contributed by atoms with Crippen molar-refractivity contribution in [3.8, 4) is 0 Å². The summed E-state index contributed by atoms with van der Waals surface area (Å²) in [6.45, 7) is 3.12. The Morgan fingerprint density at radius 3 is 3.15 bits per heavy atom. The average Bonchev–Trinajstić information content (AvgIpc) is 2.47. The van der Waals surface area contributed by atoms with Gasteiger partial charge in [-0.3, -0.25) is 9.78 Å². The number of nitrogens with one attached hydrogen (secondary N) is 2. The molecule has 1 saturated heterocycles. The number of fused-ring (bicyclic) bond motifs is 1. The number of carbonyl (C=O) groups is 1. The van der Waals surface area contributed by atoms with Crippen LogP contribution in [0.1, 0.15) is 30.1 Å². The molecule has 3 rings (SSSR count). The Labute approximate surface area is 118 Å². The molecule has 1 aliphatic heterocycles. The van der Waals surface area contributed by atoms with Gasteiger partial charge in [0.05, 0.1) is 5.52 Å². The fourth-order valence-corrected chi connectivity index (χ4v) is 2.75. The normalized spacial score (nSPS) is 22.6. The molecule has 20 heavy (non-hydrogen) atoms. The highest BCUT2D eigenvalue weighted by atomic mass is 16.1. The van der Waals surface area contributed by atoms with Crippen LogP contribution in [0.5, 0.6) is 0 Å². The molecule has 104 valence electrons. The van der Waals surface area contributed by atoms with Crippen molar-refractivity contribution in [3.05, 3.63) is 42.1 Å². The van der Waals surface area contributed by atoms with Crippen LogP contribution in [0.25, 0.3) is 10.9 Å². The predicted octanol–water partition coefficient (Wildman–Crippen LogP) is 2.11. The molecule has 1 aromatic heterocycles. The number of hydrogen-bond donors (Lipinski definition) is 2. The zero-order chi connectivity index (χ0) is 13.9. The fourth-order valence-electron chi connectivity index (χ4n) is 2.75. The van der Waals surface area contributed by atoms with Gasteiger partial charge in [-0.25, -0.2) is 0 Å². The van der Waals surface area contributed by atoms with Crippen LogP contribution in [-0.2, 0) is 0 Å². The van der Waals surface area contributed by atoms with Crippen LogP contribution in [0.4, 0.5) is 0 Å². The third-order valence-electron chi connectivity index (χ3n) is 3.82. The first-order valence-electron chi connectivity index (χ1n) is 7.11. The van der Waals surface area contributed by atoms with Gasteiger partial charge in [-0.1, -0.05) is 6.07 Å². The Balaban J connectivity index is 1.75. The first-order valence-corrected chi connectivity index (χ1v) is 7.11. The summed E-state index contributed by atoms with van der Waals surface area (Å²) in [6.07, 6.45) is 3.74. The van der Waals surface area contributed by atoms with Crippen molar-refractivity contribution >= 4 is 16.8 Å². The Bertz CT molecular complexity index is 626. The fraction of sp³-hybridized carbons (Fsp3) is 0.375. The molecule has 2 N–H and O–H groups in total. The van der Waals surface area contributed by atoms with E-state index in [0.717, 1.165) is 30.3 Å². The number of benzene rings is 1. The van der Waals surface area contributed by atoms with Crippen molar-refractivity contribution in [2.45, 2.75) is 31.8 Å². The quantitative estimate of drug-likeness (QED) is 0.878. The van der Waals surface area contributed by atoms with Gasteiger partial charge in [0.15, 0.2) is 0 Å². The van der Waals surface area contributed by atoms with Crippen LogP contribution < -0.4 is 10.6 Å². The standard InChI is InChI=1S/C16H19N3O/c1-11-9-14(6-8-17-11)19-16(20)13-4-5-15-12(10-13)3-2-7-18-15/h2-5,7,10-11,14,17H,6,8-9H2,1H3,(H,19,20). The summed E-state index contributed by atoms with van der Waals surface area (Å²) in [5, 5.41) is 7.52. The Morgan fingerprint density at radius 2 is 2.30 bits per heavy atom. The van der Waals surface area contributed by atoms with E-state index < -0.39 is 0 Å². The number of piperidine rings is 1. The van der Waals surface area contributed by atoms with Crippen LogP contribution >= 0.6 is 0 Å². The van der Waals surface area contributed by atoms with E-state index in [0.29, 0.717) is 11.6 Å². The van der Waals surface area contributed by atoms with E-state index in [9.17, 15) is 4.79 Å². The zero-order valence-electron chi connectivity index (χ0n) is 11.6. The molecule has 1 amide bonds. The van der Waals surface area contributed by atoms with Crippen molar-refractivity contribution in [1.82, 2.24) is 15.6 Å². The third kappa shape index (κ3) is 2.80. The molecule has 0 aliphatic carbocycles. The molecule has 2 heterocycles. The monoisotopic (exact) mass is 269 g/mol. The maximum Gasteiger partial charge on any atom is 0.251 e. The van der Waals surface area contributed by atoms with Gasteiger partial charge < -0.3 is 10.6 Å². The van der Waals surface area contributed by atoms with Crippen molar-refractivity contribution in [1.29, 1.82) is 0 Å². The van der Waals surface area contributed by atoms with Gasteiger partial charge in [0, 0.05) is 29.2 Å².